The lowest BCUT2D eigenvalue weighted by Crippen LogP contribution is -2.20. The average Bonchev–Trinajstić information content (AvgIpc) is 2.66. The quantitative estimate of drug-likeness (QED) is 0.549. The third-order valence-corrected chi connectivity index (χ3v) is 3.55. The van der Waals surface area contributed by atoms with E-state index in [-0.39, 0.29) is 6.61 Å². The molecular weight excluding hydrogens is 334 g/mol. The second-order valence-electron chi connectivity index (χ2n) is 5.46. The predicted octanol–water partition coefficient (Wildman–Crippen LogP) is 2.65. The van der Waals surface area contributed by atoms with Crippen LogP contribution in [-0.2, 0) is 16.0 Å². The number of aliphatic hydroxyl groups excluding tert-OH is 1. The van der Waals surface area contributed by atoms with E-state index in [0.29, 0.717) is 30.2 Å². The van der Waals surface area contributed by atoms with Crippen LogP contribution in [-0.4, -0.2) is 42.5 Å². The maximum absolute atomic E-state index is 11.6. The fourth-order valence-electron chi connectivity index (χ4n) is 2.37. The first kappa shape index (κ1) is 19.5. The summed E-state index contributed by atoms with van der Waals surface area (Å²) in [5.41, 5.74) is 1.42. The molecule has 2 aromatic rings. The molecule has 2 rings (SSSR count). The van der Waals surface area contributed by atoms with E-state index in [9.17, 15) is 9.90 Å². The summed E-state index contributed by atoms with van der Waals surface area (Å²) in [6, 6.07) is 11.1. The lowest BCUT2D eigenvalue weighted by Gasteiger charge is -2.15. The van der Waals surface area contributed by atoms with Crippen molar-refractivity contribution in [3.05, 3.63) is 59.8 Å². The Morgan fingerprint density at radius 2 is 2.04 bits per heavy atom. The van der Waals surface area contributed by atoms with Crippen molar-refractivity contribution in [2.45, 2.75) is 19.4 Å². The zero-order valence-electron chi connectivity index (χ0n) is 14.9. The number of para-hydroxylation sites is 1. The Labute approximate surface area is 153 Å². The lowest BCUT2D eigenvalue weighted by molar-refractivity contribution is -0.137. The molecule has 26 heavy (non-hydrogen) atoms. The summed E-state index contributed by atoms with van der Waals surface area (Å²) in [4.78, 5) is 15.7. The van der Waals surface area contributed by atoms with Gasteiger partial charge in [-0.2, -0.15) is 0 Å². The molecule has 0 bridgehead atoms. The monoisotopic (exact) mass is 357 g/mol. The van der Waals surface area contributed by atoms with E-state index in [0.717, 1.165) is 5.56 Å². The molecule has 1 aromatic heterocycles. The molecule has 0 aliphatic carbocycles. The molecule has 1 heterocycles. The summed E-state index contributed by atoms with van der Waals surface area (Å²) in [5.74, 6) is 0.623. The van der Waals surface area contributed by atoms with Crippen LogP contribution in [0.5, 0.6) is 11.6 Å². The standard InChI is InChI=1S/C20H23NO5/c1-3-25-19(23)10-9-18-15(11-12-21-20(18)24-2)13-16(22)14-26-17-7-5-4-6-8-17/h4-12,16,22H,3,13-14H2,1-2H3/b10-9+. The first-order valence-corrected chi connectivity index (χ1v) is 8.36. The van der Waals surface area contributed by atoms with Crippen LogP contribution in [0.4, 0.5) is 0 Å². The van der Waals surface area contributed by atoms with E-state index >= 15 is 0 Å². The molecule has 0 saturated heterocycles. The van der Waals surface area contributed by atoms with Gasteiger partial charge in [0.2, 0.25) is 5.88 Å². The van der Waals surface area contributed by atoms with Crippen molar-refractivity contribution in [3.63, 3.8) is 0 Å². The van der Waals surface area contributed by atoms with Crippen LogP contribution in [0.1, 0.15) is 18.1 Å². The van der Waals surface area contributed by atoms with Crippen molar-refractivity contribution >= 4 is 12.0 Å². The third-order valence-electron chi connectivity index (χ3n) is 3.55. The van der Waals surface area contributed by atoms with Crippen molar-refractivity contribution in [3.8, 4) is 11.6 Å². The first-order chi connectivity index (χ1) is 12.6. The summed E-state index contributed by atoms with van der Waals surface area (Å²) in [6.07, 6.45) is 4.11. The van der Waals surface area contributed by atoms with Gasteiger partial charge in [0.1, 0.15) is 12.4 Å². The normalized spacial score (nSPS) is 12.0. The molecule has 1 aromatic carbocycles. The van der Waals surface area contributed by atoms with Crippen LogP contribution >= 0.6 is 0 Å². The number of benzene rings is 1. The Balaban J connectivity index is 2.08. The second kappa shape index (κ2) is 10.2. The van der Waals surface area contributed by atoms with Crippen LogP contribution < -0.4 is 9.47 Å². The van der Waals surface area contributed by atoms with Crippen LogP contribution in [0.15, 0.2) is 48.7 Å². The minimum absolute atomic E-state index is 0.148. The van der Waals surface area contributed by atoms with Gasteiger partial charge in [-0.3, -0.25) is 0 Å². The molecule has 1 N–H and O–H groups in total. The topological polar surface area (TPSA) is 77.9 Å². The Morgan fingerprint density at radius 1 is 1.27 bits per heavy atom. The lowest BCUT2D eigenvalue weighted by atomic mass is 10.0. The van der Waals surface area contributed by atoms with Gasteiger partial charge in [-0.15, -0.1) is 0 Å². The molecule has 0 radical (unpaired) electrons. The Bertz CT molecular complexity index is 730. The molecular formula is C20H23NO5. The van der Waals surface area contributed by atoms with E-state index in [1.165, 1.54) is 13.2 Å². The van der Waals surface area contributed by atoms with Crippen molar-refractivity contribution in [2.75, 3.05) is 20.3 Å². The van der Waals surface area contributed by atoms with Crippen LogP contribution in [0.25, 0.3) is 6.08 Å². The highest BCUT2D eigenvalue weighted by molar-refractivity contribution is 5.87. The molecule has 6 nitrogen and oxygen atoms in total. The number of aliphatic hydroxyl groups is 1. The molecule has 1 atom stereocenters. The second-order valence-corrected chi connectivity index (χ2v) is 5.46. The number of hydrogen-bond donors (Lipinski definition) is 1. The van der Waals surface area contributed by atoms with Gasteiger partial charge in [-0.25, -0.2) is 9.78 Å². The molecule has 0 aliphatic rings. The summed E-state index contributed by atoms with van der Waals surface area (Å²) in [6.45, 7) is 2.19. The summed E-state index contributed by atoms with van der Waals surface area (Å²) < 4.78 is 15.7. The smallest absolute Gasteiger partial charge is 0.330 e. The van der Waals surface area contributed by atoms with Gasteiger partial charge >= 0.3 is 5.97 Å². The fourth-order valence-corrected chi connectivity index (χ4v) is 2.37. The minimum Gasteiger partial charge on any atom is -0.491 e. The Morgan fingerprint density at radius 3 is 2.73 bits per heavy atom. The number of ether oxygens (including phenoxy) is 3. The fraction of sp³-hybridized carbons (Fsp3) is 0.300. The number of carbonyl (C=O) groups is 1. The van der Waals surface area contributed by atoms with Gasteiger partial charge in [0.25, 0.3) is 0 Å². The van der Waals surface area contributed by atoms with E-state index < -0.39 is 12.1 Å². The predicted molar refractivity (Wildman–Crippen MR) is 98.1 cm³/mol. The molecule has 0 aliphatic heterocycles. The van der Waals surface area contributed by atoms with Crippen LogP contribution in [0, 0.1) is 0 Å². The zero-order valence-corrected chi connectivity index (χ0v) is 14.9. The number of nitrogens with zero attached hydrogens (tertiary/aromatic N) is 1. The number of hydrogen-bond acceptors (Lipinski definition) is 6. The number of aromatic nitrogens is 1. The number of esters is 1. The summed E-state index contributed by atoms with van der Waals surface area (Å²) in [5, 5.41) is 10.3. The highest BCUT2D eigenvalue weighted by Gasteiger charge is 2.13. The molecule has 6 heteroatoms. The minimum atomic E-state index is -0.725. The zero-order chi connectivity index (χ0) is 18.8. The largest absolute Gasteiger partial charge is 0.491 e. The molecule has 0 saturated carbocycles. The first-order valence-electron chi connectivity index (χ1n) is 8.36. The van der Waals surface area contributed by atoms with Gasteiger partial charge in [0.05, 0.1) is 19.8 Å². The molecule has 0 amide bonds. The summed E-state index contributed by atoms with van der Waals surface area (Å²) >= 11 is 0. The third kappa shape index (κ3) is 5.89. The number of methoxy groups -OCH3 is 1. The van der Waals surface area contributed by atoms with Crippen LogP contribution in [0.3, 0.4) is 0 Å². The van der Waals surface area contributed by atoms with Crippen molar-refractivity contribution in [1.82, 2.24) is 4.98 Å². The van der Waals surface area contributed by atoms with E-state index in [4.69, 9.17) is 14.2 Å². The van der Waals surface area contributed by atoms with Gasteiger partial charge in [0, 0.05) is 24.3 Å². The highest BCUT2D eigenvalue weighted by atomic mass is 16.5. The van der Waals surface area contributed by atoms with Gasteiger partial charge in [-0.1, -0.05) is 18.2 Å². The molecule has 0 fully saturated rings. The van der Waals surface area contributed by atoms with Crippen molar-refractivity contribution < 1.29 is 24.1 Å². The van der Waals surface area contributed by atoms with E-state index in [1.54, 1.807) is 25.3 Å². The Kier molecular flexibility index (Phi) is 7.64. The molecule has 138 valence electrons. The summed E-state index contributed by atoms with van der Waals surface area (Å²) in [7, 11) is 1.50. The van der Waals surface area contributed by atoms with Crippen LogP contribution in [0.2, 0.25) is 0 Å². The Hall–Kier alpha value is -2.86. The molecule has 1 unspecified atom stereocenters. The number of pyridine rings is 1. The van der Waals surface area contributed by atoms with Crippen molar-refractivity contribution in [2.24, 2.45) is 0 Å². The van der Waals surface area contributed by atoms with E-state index in [1.807, 2.05) is 30.3 Å². The number of rotatable bonds is 9. The molecule has 0 spiro atoms. The van der Waals surface area contributed by atoms with Gasteiger partial charge in [-0.05, 0) is 36.8 Å². The highest BCUT2D eigenvalue weighted by Crippen LogP contribution is 2.23. The van der Waals surface area contributed by atoms with Crippen molar-refractivity contribution in [1.29, 1.82) is 0 Å². The maximum Gasteiger partial charge on any atom is 0.330 e. The number of carbonyl (C=O) groups excluding carboxylic acids is 1. The van der Waals surface area contributed by atoms with E-state index in [2.05, 4.69) is 4.98 Å². The maximum atomic E-state index is 11.6. The average molecular weight is 357 g/mol. The van der Waals surface area contributed by atoms with Gasteiger partial charge < -0.3 is 19.3 Å². The SMILES string of the molecule is CCOC(=O)/C=C/c1c(CC(O)COc2ccccc2)ccnc1OC. The van der Waals surface area contributed by atoms with Gasteiger partial charge in [0.15, 0.2) is 0 Å².